The molecule has 0 bridgehead atoms. The zero-order valence-corrected chi connectivity index (χ0v) is 25.1. The smallest absolute Gasteiger partial charge is 0.279 e. The monoisotopic (exact) mass is 605 g/mol. The second-order valence-corrected chi connectivity index (χ2v) is 11.3. The van der Waals surface area contributed by atoms with E-state index in [1.165, 1.54) is 19.3 Å². The van der Waals surface area contributed by atoms with Crippen LogP contribution < -0.4 is 15.6 Å². The van der Waals surface area contributed by atoms with Crippen LogP contribution in [-0.2, 0) is 18.4 Å². The number of hydrogen-bond acceptors (Lipinski definition) is 7. The predicted molar refractivity (Wildman–Crippen MR) is 163 cm³/mol. The molecular weight excluding hydrogens is 577 g/mol. The van der Waals surface area contributed by atoms with Crippen molar-refractivity contribution in [2.24, 2.45) is 12.5 Å². The number of methoxy groups -OCH3 is 1. The second-order valence-electron chi connectivity index (χ2n) is 10.6. The fourth-order valence-electron chi connectivity index (χ4n) is 5.08. The lowest BCUT2D eigenvalue weighted by Crippen LogP contribution is -2.57. The number of halogens is 2. The van der Waals surface area contributed by atoms with Crippen molar-refractivity contribution in [1.82, 2.24) is 19.7 Å². The maximum atomic E-state index is 12.9. The molecule has 1 N–H and O–H groups in total. The Morgan fingerprint density at radius 2 is 1.67 bits per heavy atom. The summed E-state index contributed by atoms with van der Waals surface area (Å²) in [4.78, 5) is 44.0. The number of rotatable bonds is 8. The summed E-state index contributed by atoms with van der Waals surface area (Å²) in [5.41, 5.74) is 2.90. The summed E-state index contributed by atoms with van der Waals surface area (Å²) in [5.74, 6) is 0.0779. The Kier molecular flexibility index (Phi) is 8.19. The van der Waals surface area contributed by atoms with E-state index in [1.807, 2.05) is 37.3 Å². The number of nitrogens with one attached hydrogen (secondary N) is 1. The summed E-state index contributed by atoms with van der Waals surface area (Å²) in [5, 5.41) is 7.26. The minimum absolute atomic E-state index is 0.0561. The summed E-state index contributed by atoms with van der Waals surface area (Å²) >= 11 is 13.7. The molecule has 5 rings (SSSR count). The van der Waals surface area contributed by atoms with Crippen molar-refractivity contribution >= 4 is 40.6 Å². The highest BCUT2D eigenvalue weighted by molar-refractivity contribution is 6.39. The molecule has 3 heterocycles. The predicted octanol–water partition coefficient (Wildman–Crippen LogP) is 5.49. The van der Waals surface area contributed by atoms with E-state index >= 15 is 0 Å². The number of aryl methyl sites for hydroxylation is 1. The SMILES string of the molecule is COc1nc(-c2cccc(-c3cccc(NC(=O)c4ccnn(C)c4=O)c3Cl)c2Cl)ccc1CN1CC(C)(C(C)=O)C1. The fourth-order valence-corrected chi connectivity index (χ4v) is 5.67. The van der Waals surface area contributed by atoms with E-state index < -0.39 is 11.5 Å². The highest BCUT2D eigenvalue weighted by atomic mass is 35.5. The van der Waals surface area contributed by atoms with Gasteiger partial charge in [0.1, 0.15) is 11.3 Å². The Labute approximate surface area is 253 Å². The molecule has 11 heteroatoms. The zero-order valence-electron chi connectivity index (χ0n) is 23.6. The van der Waals surface area contributed by atoms with E-state index in [1.54, 1.807) is 32.2 Å². The summed E-state index contributed by atoms with van der Waals surface area (Å²) in [6, 6.07) is 15.9. The van der Waals surface area contributed by atoms with Crippen LogP contribution in [0.1, 0.15) is 29.8 Å². The number of anilines is 1. The van der Waals surface area contributed by atoms with E-state index in [-0.39, 0.29) is 21.8 Å². The Balaban J connectivity index is 1.42. The van der Waals surface area contributed by atoms with Crippen LogP contribution in [0.2, 0.25) is 10.0 Å². The molecule has 2 aromatic heterocycles. The van der Waals surface area contributed by atoms with Crippen molar-refractivity contribution in [3.05, 3.63) is 92.3 Å². The first-order chi connectivity index (χ1) is 20.0. The number of amides is 1. The van der Waals surface area contributed by atoms with Crippen LogP contribution in [0.4, 0.5) is 5.69 Å². The highest BCUT2D eigenvalue weighted by Gasteiger charge is 2.42. The molecule has 4 aromatic rings. The average molecular weight is 607 g/mol. The van der Waals surface area contributed by atoms with Gasteiger partial charge in [-0.3, -0.25) is 19.3 Å². The maximum absolute atomic E-state index is 12.9. The first kappa shape index (κ1) is 29.4. The van der Waals surface area contributed by atoms with E-state index in [0.717, 1.165) is 10.2 Å². The van der Waals surface area contributed by atoms with Crippen molar-refractivity contribution in [1.29, 1.82) is 0 Å². The molecule has 0 unspecified atom stereocenters. The van der Waals surface area contributed by atoms with Crippen molar-refractivity contribution < 1.29 is 14.3 Å². The Bertz CT molecular complexity index is 1760. The van der Waals surface area contributed by atoms with Gasteiger partial charge in [-0.05, 0) is 25.1 Å². The van der Waals surface area contributed by atoms with Gasteiger partial charge in [-0.25, -0.2) is 9.67 Å². The van der Waals surface area contributed by atoms with Gasteiger partial charge in [-0.1, -0.05) is 66.5 Å². The lowest BCUT2D eigenvalue weighted by atomic mass is 9.78. The number of ketones is 1. The van der Waals surface area contributed by atoms with Crippen LogP contribution in [0.25, 0.3) is 22.4 Å². The van der Waals surface area contributed by atoms with Crippen LogP contribution in [0.3, 0.4) is 0 Å². The number of carbonyl (C=O) groups is 2. The number of carbonyl (C=O) groups excluding carboxylic acids is 2. The summed E-state index contributed by atoms with van der Waals surface area (Å²) < 4.78 is 6.70. The third-order valence-corrected chi connectivity index (χ3v) is 8.40. The minimum Gasteiger partial charge on any atom is -0.481 e. The third-order valence-electron chi connectivity index (χ3n) is 7.58. The lowest BCUT2D eigenvalue weighted by molar-refractivity contribution is -0.135. The number of benzene rings is 2. The lowest BCUT2D eigenvalue weighted by Gasteiger charge is -2.46. The van der Waals surface area contributed by atoms with Crippen molar-refractivity contribution in [2.75, 3.05) is 25.5 Å². The summed E-state index contributed by atoms with van der Waals surface area (Å²) in [6.45, 7) is 5.63. The van der Waals surface area contributed by atoms with E-state index in [9.17, 15) is 14.4 Å². The third kappa shape index (κ3) is 5.55. The normalized spacial score (nSPS) is 14.2. The molecule has 0 saturated carbocycles. The molecule has 1 amide bonds. The van der Waals surface area contributed by atoms with Gasteiger partial charge in [0.15, 0.2) is 0 Å². The van der Waals surface area contributed by atoms with Gasteiger partial charge in [-0.15, -0.1) is 0 Å². The number of ether oxygens (including phenoxy) is 1. The van der Waals surface area contributed by atoms with Gasteiger partial charge >= 0.3 is 0 Å². The Hall–Kier alpha value is -4.05. The van der Waals surface area contributed by atoms with Gasteiger partial charge in [0.2, 0.25) is 5.88 Å². The summed E-state index contributed by atoms with van der Waals surface area (Å²) in [7, 11) is 3.04. The average Bonchev–Trinajstić information content (AvgIpc) is 2.95. The zero-order chi connectivity index (χ0) is 30.2. The van der Waals surface area contributed by atoms with E-state index in [4.69, 9.17) is 32.9 Å². The largest absolute Gasteiger partial charge is 0.481 e. The first-order valence-corrected chi connectivity index (χ1v) is 14.0. The minimum atomic E-state index is -0.600. The molecule has 1 saturated heterocycles. The molecule has 0 radical (unpaired) electrons. The number of likely N-dealkylation sites (tertiary alicyclic amines) is 1. The van der Waals surface area contributed by atoms with E-state index in [0.29, 0.717) is 58.6 Å². The van der Waals surface area contributed by atoms with Crippen LogP contribution in [0, 0.1) is 5.41 Å². The Morgan fingerprint density at radius 1 is 1.00 bits per heavy atom. The van der Waals surface area contributed by atoms with Gasteiger partial charge < -0.3 is 10.1 Å². The number of aromatic nitrogens is 3. The molecule has 0 atom stereocenters. The maximum Gasteiger partial charge on any atom is 0.279 e. The standard InChI is InChI=1S/C31H29Cl2N5O4/c1-18(39)31(2)16-38(17-31)15-19-11-12-24(36-29(19)42-4)22-9-5-7-20(26(22)32)21-8-6-10-25(27(21)33)35-28(40)23-13-14-34-37(3)30(23)41/h5-14H,15-17H2,1-4H3,(H,35,40). The molecule has 0 spiro atoms. The number of hydrogen-bond donors (Lipinski definition) is 1. The van der Waals surface area contributed by atoms with Crippen LogP contribution >= 0.6 is 23.2 Å². The quantitative estimate of drug-likeness (QED) is 0.283. The van der Waals surface area contributed by atoms with Crippen molar-refractivity contribution in [2.45, 2.75) is 20.4 Å². The van der Waals surface area contributed by atoms with Crippen LogP contribution in [0.5, 0.6) is 5.88 Å². The molecule has 2 aromatic carbocycles. The van der Waals surface area contributed by atoms with Crippen LogP contribution in [0.15, 0.2) is 65.6 Å². The number of Topliss-reactive ketones (excluding diaryl/α,β-unsaturated/α-hetero) is 1. The fraction of sp³-hybridized carbons (Fsp3) is 0.258. The topological polar surface area (TPSA) is 106 Å². The van der Waals surface area contributed by atoms with Crippen molar-refractivity contribution in [3.8, 4) is 28.3 Å². The molecule has 42 heavy (non-hydrogen) atoms. The number of nitrogens with zero attached hydrogens (tertiary/aromatic N) is 4. The molecule has 1 fully saturated rings. The molecular formula is C31H29Cl2N5O4. The molecule has 1 aliphatic heterocycles. The van der Waals surface area contributed by atoms with E-state index in [2.05, 4.69) is 15.3 Å². The second kappa shape index (κ2) is 11.7. The first-order valence-electron chi connectivity index (χ1n) is 13.2. The molecule has 216 valence electrons. The molecule has 1 aliphatic rings. The van der Waals surface area contributed by atoms with Gasteiger partial charge in [0, 0.05) is 55.1 Å². The van der Waals surface area contributed by atoms with Gasteiger partial charge in [0.25, 0.3) is 11.5 Å². The Morgan fingerprint density at radius 3 is 2.36 bits per heavy atom. The van der Waals surface area contributed by atoms with Gasteiger partial charge in [0.05, 0.1) is 34.0 Å². The summed E-state index contributed by atoms with van der Waals surface area (Å²) in [6.07, 6.45) is 1.38. The molecule has 9 nitrogen and oxygen atoms in total. The van der Waals surface area contributed by atoms with Crippen LogP contribution in [-0.4, -0.2) is 51.6 Å². The van der Waals surface area contributed by atoms with Crippen molar-refractivity contribution in [3.63, 3.8) is 0 Å². The molecule has 0 aliphatic carbocycles. The van der Waals surface area contributed by atoms with Gasteiger partial charge in [-0.2, -0.15) is 5.10 Å². The highest BCUT2D eigenvalue weighted by Crippen LogP contribution is 2.42. The number of pyridine rings is 1.